The molecule has 0 atom stereocenters. The van der Waals surface area contributed by atoms with Gasteiger partial charge in [-0.3, -0.25) is 0 Å². The van der Waals surface area contributed by atoms with Crippen molar-refractivity contribution in [2.24, 2.45) is 0 Å². The number of hydrogen-bond acceptors (Lipinski definition) is 2. The van der Waals surface area contributed by atoms with Crippen LogP contribution in [0.5, 0.6) is 0 Å². The maximum Gasteiger partial charge on any atom is 0.0167 e. The van der Waals surface area contributed by atoms with Crippen molar-refractivity contribution in [3.8, 4) is 44.8 Å². The quantitative estimate of drug-likeness (QED) is 0.131. The van der Waals surface area contributed by atoms with Crippen LogP contribution in [-0.4, -0.2) is 9.97 Å². The summed E-state index contributed by atoms with van der Waals surface area (Å²) in [6.07, 6.45) is 3.74. The van der Waals surface area contributed by atoms with Crippen LogP contribution in [0.25, 0.3) is 77.1 Å². The van der Waals surface area contributed by atoms with Crippen LogP contribution < -0.4 is 0 Å². The molecule has 9 aromatic rings. The van der Waals surface area contributed by atoms with Crippen molar-refractivity contribution < 1.29 is 20.1 Å². The van der Waals surface area contributed by atoms with E-state index in [2.05, 4.69) is 148 Å². The van der Waals surface area contributed by atoms with Crippen LogP contribution in [0.3, 0.4) is 0 Å². The minimum Gasteiger partial charge on any atom is -0.305 e. The predicted molar refractivity (Wildman–Crippen MR) is 222 cm³/mol. The number of aryl methyl sites for hydroxylation is 2. The minimum atomic E-state index is -0.0539. The second-order valence-electron chi connectivity index (χ2n) is 14.5. The van der Waals surface area contributed by atoms with Gasteiger partial charge in [0.15, 0.2) is 0 Å². The molecular weight excluding hydrogens is 833 g/mol. The van der Waals surface area contributed by atoms with Crippen LogP contribution >= 0.6 is 0 Å². The summed E-state index contributed by atoms with van der Waals surface area (Å²) in [6, 6.07) is 58.3. The van der Waals surface area contributed by atoms with E-state index in [1.165, 1.54) is 71.4 Å². The zero-order valence-corrected chi connectivity index (χ0v) is 33.1. The van der Waals surface area contributed by atoms with Crippen molar-refractivity contribution in [2.75, 3.05) is 0 Å². The summed E-state index contributed by atoms with van der Waals surface area (Å²) in [5.41, 5.74) is 14.6. The number of pyridine rings is 2. The molecule has 0 saturated carbocycles. The van der Waals surface area contributed by atoms with Gasteiger partial charge in [-0.15, -0.1) is 65.2 Å². The van der Waals surface area contributed by atoms with Crippen LogP contribution in [-0.2, 0) is 25.5 Å². The molecule has 0 unspecified atom stereocenters. The first-order chi connectivity index (χ1) is 25.9. The van der Waals surface area contributed by atoms with E-state index in [-0.39, 0.29) is 25.5 Å². The average molecular weight is 871 g/mol. The molecule has 1 radical (unpaired) electrons. The molecule has 54 heavy (non-hydrogen) atoms. The molecule has 1 aliphatic carbocycles. The summed E-state index contributed by atoms with van der Waals surface area (Å²) in [5.74, 6) is 0. The van der Waals surface area contributed by atoms with Crippen LogP contribution in [0.15, 0.2) is 158 Å². The van der Waals surface area contributed by atoms with E-state index in [0.717, 1.165) is 27.9 Å². The van der Waals surface area contributed by atoms with Crippen molar-refractivity contribution in [3.63, 3.8) is 0 Å². The maximum atomic E-state index is 4.90. The van der Waals surface area contributed by atoms with Gasteiger partial charge in [-0.05, 0) is 109 Å². The topological polar surface area (TPSA) is 25.8 Å². The number of hydrogen-bond donors (Lipinski definition) is 0. The van der Waals surface area contributed by atoms with E-state index in [4.69, 9.17) is 4.98 Å². The van der Waals surface area contributed by atoms with E-state index >= 15 is 0 Å². The van der Waals surface area contributed by atoms with Gasteiger partial charge in [0, 0.05) is 32.5 Å². The Bertz CT molecular complexity index is 2760. The van der Waals surface area contributed by atoms with Gasteiger partial charge in [-0.2, -0.15) is 0 Å². The Morgan fingerprint density at radius 3 is 2.04 bits per heavy atom. The SMILES string of the molecule is Cc1cccc(C)c1-c1ccc2c(ccc3c4ccnc(-c5[c-]cc6c(c5)C(C)(C)c5ccccc5-6)c4ccc23)c1.[Ir].[c-]1ccccc1-c1ccccn1. The molecule has 0 aliphatic heterocycles. The fourth-order valence-electron chi connectivity index (χ4n) is 8.30. The molecule has 2 aromatic heterocycles. The molecule has 7 aromatic carbocycles. The molecular formula is C51H38IrN2-2. The van der Waals surface area contributed by atoms with Gasteiger partial charge in [-0.1, -0.05) is 116 Å². The number of aromatic nitrogens is 2. The van der Waals surface area contributed by atoms with Crippen molar-refractivity contribution in [1.29, 1.82) is 0 Å². The molecule has 1 aliphatic rings. The van der Waals surface area contributed by atoms with E-state index in [9.17, 15) is 0 Å². The molecule has 0 amide bonds. The Balaban J connectivity index is 0.000000271. The smallest absolute Gasteiger partial charge is 0.0167 e. The third kappa shape index (κ3) is 6.04. The molecule has 0 N–H and O–H groups in total. The van der Waals surface area contributed by atoms with Crippen molar-refractivity contribution in [2.45, 2.75) is 33.1 Å². The van der Waals surface area contributed by atoms with Gasteiger partial charge in [0.05, 0.1) is 0 Å². The molecule has 2 heterocycles. The first kappa shape index (κ1) is 35.3. The Morgan fingerprint density at radius 2 is 1.24 bits per heavy atom. The summed E-state index contributed by atoms with van der Waals surface area (Å²) in [5, 5.41) is 7.46. The number of benzene rings is 7. The van der Waals surface area contributed by atoms with Gasteiger partial charge < -0.3 is 9.97 Å². The Morgan fingerprint density at radius 1 is 0.519 bits per heavy atom. The molecule has 0 spiro atoms. The van der Waals surface area contributed by atoms with E-state index in [1.807, 2.05) is 48.7 Å². The summed E-state index contributed by atoms with van der Waals surface area (Å²) in [4.78, 5) is 9.12. The number of rotatable bonds is 3. The van der Waals surface area contributed by atoms with Gasteiger partial charge in [0.2, 0.25) is 0 Å². The maximum absolute atomic E-state index is 4.90. The minimum absolute atomic E-state index is 0. The number of nitrogens with zero attached hydrogens (tertiary/aromatic N) is 2. The summed E-state index contributed by atoms with van der Waals surface area (Å²) < 4.78 is 0. The fourth-order valence-corrected chi connectivity index (χ4v) is 8.30. The molecule has 2 nitrogen and oxygen atoms in total. The van der Waals surface area contributed by atoms with Crippen molar-refractivity contribution in [1.82, 2.24) is 9.97 Å². The molecule has 0 fully saturated rings. The van der Waals surface area contributed by atoms with E-state index in [0.29, 0.717) is 0 Å². The van der Waals surface area contributed by atoms with Crippen LogP contribution in [0.4, 0.5) is 0 Å². The van der Waals surface area contributed by atoms with E-state index < -0.39 is 0 Å². The largest absolute Gasteiger partial charge is 0.305 e. The van der Waals surface area contributed by atoms with Gasteiger partial charge in [0.1, 0.15) is 0 Å². The Hall–Kier alpha value is -5.73. The second kappa shape index (κ2) is 14.3. The van der Waals surface area contributed by atoms with Gasteiger partial charge in [-0.25, -0.2) is 0 Å². The third-order valence-corrected chi connectivity index (χ3v) is 10.9. The van der Waals surface area contributed by atoms with Crippen molar-refractivity contribution in [3.05, 3.63) is 192 Å². The summed E-state index contributed by atoms with van der Waals surface area (Å²) >= 11 is 0. The number of fused-ring (bicyclic) bond motifs is 8. The Kier molecular flexibility index (Phi) is 9.32. The van der Waals surface area contributed by atoms with Crippen LogP contribution in [0.1, 0.15) is 36.1 Å². The van der Waals surface area contributed by atoms with E-state index in [1.54, 1.807) is 6.20 Å². The summed E-state index contributed by atoms with van der Waals surface area (Å²) in [6.45, 7) is 9.04. The average Bonchev–Trinajstić information content (AvgIpc) is 3.43. The second-order valence-corrected chi connectivity index (χ2v) is 14.5. The van der Waals surface area contributed by atoms with Crippen LogP contribution in [0.2, 0.25) is 0 Å². The molecule has 0 saturated heterocycles. The Labute approximate surface area is 331 Å². The predicted octanol–water partition coefficient (Wildman–Crippen LogP) is 13.1. The zero-order valence-electron chi connectivity index (χ0n) is 30.7. The third-order valence-electron chi connectivity index (χ3n) is 10.9. The standard InChI is InChI=1S/C40H30N.C11H8N.Ir/c1-24-8-7-9-25(2)38(24)27-13-15-29-26(22-27)12-16-31-30(29)18-19-35-32(31)20-21-41-39(35)28-14-17-34-33-10-5-6-11-36(33)40(3,4)37(34)23-28;1-2-6-10(7-3-1)11-8-4-5-9-12-11;/h5-13,15-23H,1-4H3;1-6,8-9H;/q2*-1;. The molecule has 3 heteroatoms. The monoisotopic (exact) mass is 871 g/mol. The first-order valence-corrected chi connectivity index (χ1v) is 18.2. The molecule has 263 valence electrons. The zero-order chi connectivity index (χ0) is 36.1. The first-order valence-electron chi connectivity index (χ1n) is 18.2. The van der Waals surface area contributed by atoms with Crippen molar-refractivity contribution >= 4 is 32.3 Å². The van der Waals surface area contributed by atoms with Crippen LogP contribution in [0, 0.1) is 26.0 Å². The molecule has 10 rings (SSSR count). The summed E-state index contributed by atoms with van der Waals surface area (Å²) in [7, 11) is 0. The fraction of sp³-hybridized carbons (Fsp3) is 0.0980. The van der Waals surface area contributed by atoms with Gasteiger partial charge >= 0.3 is 0 Å². The normalized spacial score (nSPS) is 12.4. The molecule has 0 bridgehead atoms. The van der Waals surface area contributed by atoms with Gasteiger partial charge in [0.25, 0.3) is 0 Å².